The zero-order chi connectivity index (χ0) is 28.4. The summed E-state index contributed by atoms with van der Waals surface area (Å²) in [5.41, 5.74) is 15.5. The van der Waals surface area contributed by atoms with E-state index in [0.29, 0.717) is 6.42 Å². The number of amides is 8. The van der Waals surface area contributed by atoms with Crippen molar-refractivity contribution in [3.05, 3.63) is 0 Å². The number of nitrogens with one attached hydrogen (secondary N) is 4. The maximum absolute atomic E-state index is 13.2. The second kappa shape index (κ2) is 18.0. The first-order valence-electron chi connectivity index (χ1n) is 11.5. The first-order chi connectivity index (χ1) is 17.1. The first-order valence-corrected chi connectivity index (χ1v) is 11.5. The van der Waals surface area contributed by atoms with Crippen molar-refractivity contribution in [1.82, 2.24) is 26.2 Å². The number of carbonyl (C=O) groups excluding carboxylic acids is 8. The third kappa shape index (κ3) is 12.5. The van der Waals surface area contributed by atoms with Crippen LogP contribution in [0.4, 0.5) is 0 Å². The largest absolute Gasteiger partial charge is 0.412 e. The molecular formula is C21H40N8O11. The van der Waals surface area contributed by atoms with E-state index in [4.69, 9.17) is 17.2 Å². The van der Waals surface area contributed by atoms with Crippen LogP contribution in [0.15, 0.2) is 0 Å². The van der Waals surface area contributed by atoms with Crippen LogP contribution in [0.5, 0.6) is 0 Å². The van der Waals surface area contributed by atoms with Gasteiger partial charge in [-0.25, -0.2) is 0 Å². The van der Waals surface area contributed by atoms with Crippen LogP contribution in [-0.4, -0.2) is 105 Å². The zero-order valence-corrected chi connectivity index (χ0v) is 22.4. The van der Waals surface area contributed by atoms with E-state index < -0.39 is 90.3 Å². The molecule has 16 N–H and O–H groups in total. The quantitative estimate of drug-likeness (QED) is 0.109. The van der Waals surface area contributed by atoms with E-state index in [0.717, 1.165) is 4.90 Å². The molecule has 0 saturated carbocycles. The maximum Gasteiger partial charge on any atom is 0.246 e. The molecule has 1 rings (SSSR count). The van der Waals surface area contributed by atoms with E-state index in [9.17, 15) is 38.4 Å². The molecule has 19 nitrogen and oxygen atoms in total. The van der Waals surface area contributed by atoms with Crippen LogP contribution < -0.4 is 38.5 Å². The van der Waals surface area contributed by atoms with E-state index in [1.165, 1.54) is 20.8 Å². The summed E-state index contributed by atoms with van der Waals surface area (Å²) in [5, 5.41) is 9.31. The number of primary amides is 3. The molecule has 0 spiro atoms. The lowest BCUT2D eigenvalue weighted by atomic mass is 10.1. The highest BCUT2D eigenvalue weighted by molar-refractivity contribution is 5.98. The summed E-state index contributed by atoms with van der Waals surface area (Å²) in [7, 11) is 0. The predicted octanol–water partition coefficient (Wildman–Crippen LogP) is -7.26. The molecule has 8 amide bonds. The molecule has 0 aromatic rings. The van der Waals surface area contributed by atoms with Gasteiger partial charge in [0.05, 0.1) is 12.8 Å². The van der Waals surface area contributed by atoms with Gasteiger partial charge < -0.3 is 59.8 Å². The van der Waals surface area contributed by atoms with Crippen molar-refractivity contribution in [3.8, 4) is 0 Å². The fraction of sp³-hybridized carbons (Fsp3) is 0.619. The molecule has 0 aromatic carbocycles. The number of nitrogens with zero attached hydrogens (tertiary/aromatic N) is 1. The molecule has 5 atom stereocenters. The van der Waals surface area contributed by atoms with Crippen molar-refractivity contribution in [1.29, 1.82) is 0 Å². The summed E-state index contributed by atoms with van der Waals surface area (Å²) in [6.45, 7) is 3.97. The molecule has 1 aliphatic heterocycles. The van der Waals surface area contributed by atoms with Crippen LogP contribution in [0.2, 0.25) is 0 Å². The van der Waals surface area contributed by atoms with Gasteiger partial charge in [-0.2, -0.15) is 0 Å². The Kier molecular flexibility index (Phi) is 18.1. The third-order valence-corrected chi connectivity index (χ3v) is 5.50. The Hall–Kier alpha value is -4.36. The molecule has 19 heteroatoms. The highest BCUT2D eigenvalue weighted by Gasteiger charge is 2.40. The lowest BCUT2D eigenvalue weighted by Gasteiger charge is -2.30. The van der Waals surface area contributed by atoms with Crippen LogP contribution in [0.25, 0.3) is 0 Å². The van der Waals surface area contributed by atoms with Gasteiger partial charge in [-0.3, -0.25) is 38.4 Å². The minimum Gasteiger partial charge on any atom is -0.412 e. The first kappa shape index (κ1) is 40.1. The monoisotopic (exact) mass is 580 g/mol. The van der Waals surface area contributed by atoms with Crippen molar-refractivity contribution in [3.63, 3.8) is 0 Å². The van der Waals surface area contributed by atoms with Gasteiger partial charge in [0.1, 0.15) is 30.2 Å². The van der Waals surface area contributed by atoms with Gasteiger partial charge in [0.15, 0.2) is 0 Å². The summed E-state index contributed by atoms with van der Waals surface area (Å²) in [5.74, 6) is -6.36. The molecule has 1 fully saturated rings. The van der Waals surface area contributed by atoms with Gasteiger partial charge in [0.25, 0.3) is 0 Å². The molecule has 0 radical (unpaired) electrons. The standard InChI is InChI=1S/C21H34N8O8.3H2O/c1-9(17(24)33)26-19(35)12(7-15(22)31)27-20(36)14-5-4-6-29(14)21(37)13(8-16(23)32)28-18(34)10(2)25-11(3)30;;;/h9-10,12-14H,4-8H2,1-3H3,(H2,22,31)(H2,23,32)(H2,24,33)(H,25,30)(H,26,35)(H,27,36)(H,28,34);3*1H2/t9-,10-,12-,13-,14-;;;/m0.../s1. The van der Waals surface area contributed by atoms with Gasteiger partial charge in [-0.1, -0.05) is 0 Å². The normalized spacial score (nSPS) is 16.6. The van der Waals surface area contributed by atoms with Crippen molar-refractivity contribution in [2.24, 2.45) is 17.2 Å². The molecular weight excluding hydrogens is 540 g/mol. The topological polar surface area (TPSA) is 360 Å². The maximum atomic E-state index is 13.2. The molecule has 230 valence electrons. The summed E-state index contributed by atoms with van der Waals surface area (Å²) in [6, 6.07) is -6.10. The lowest BCUT2D eigenvalue weighted by Crippen LogP contribution is -2.59. The molecule has 0 unspecified atom stereocenters. The second-order valence-electron chi connectivity index (χ2n) is 8.71. The summed E-state index contributed by atoms with van der Waals surface area (Å²) in [6.07, 6.45) is -0.598. The van der Waals surface area contributed by atoms with Crippen molar-refractivity contribution in [2.75, 3.05) is 6.54 Å². The molecule has 40 heavy (non-hydrogen) atoms. The van der Waals surface area contributed by atoms with E-state index in [2.05, 4.69) is 21.3 Å². The Bertz CT molecular complexity index is 961. The highest BCUT2D eigenvalue weighted by atomic mass is 16.2. The fourth-order valence-electron chi connectivity index (χ4n) is 3.64. The number of hydrogen-bond donors (Lipinski definition) is 7. The van der Waals surface area contributed by atoms with Gasteiger partial charge in [-0.05, 0) is 26.7 Å². The summed E-state index contributed by atoms with van der Waals surface area (Å²) in [4.78, 5) is 97.7. The van der Waals surface area contributed by atoms with Crippen molar-refractivity contribution >= 4 is 47.3 Å². The second-order valence-corrected chi connectivity index (χ2v) is 8.71. The third-order valence-electron chi connectivity index (χ3n) is 5.50. The molecule has 0 aromatic heterocycles. The Morgan fingerprint density at radius 3 is 1.75 bits per heavy atom. The Labute approximate surface area is 229 Å². The SMILES string of the molecule is CC(=O)N[C@@H](C)C(=O)N[C@@H](CC(N)=O)C(=O)N1CCC[C@H]1C(=O)N[C@@H](CC(N)=O)C(=O)N[C@@H](C)C(N)=O.O.O.O. The minimum absolute atomic E-state index is 0. The fourth-order valence-corrected chi connectivity index (χ4v) is 3.64. The van der Waals surface area contributed by atoms with Crippen LogP contribution in [0, 0.1) is 0 Å². The van der Waals surface area contributed by atoms with Gasteiger partial charge in [0.2, 0.25) is 47.3 Å². The molecule has 0 bridgehead atoms. The summed E-state index contributed by atoms with van der Waals surface area (Å²) < 4.78 is 0. The van der Waals surface area contributed by atoms with Crippen molar-refractivity contribution in [2.45, 2.75) is 76.7 Å². The number of nitrogens with two attached hydrogens (primary N) is 3. The van der Waals surface area contributed by atoms with Crippen LogP contribution in [0.1, 0.15) is 46.5 Å². The highest BCUT2D eigenvalue weighted by Crippen LogP contribution is 2.20. The van der Waals surface area contributed by atoms with E-state index in [1.807, 2.05) is 0 Å². The number of likely N-dealkylation sites (tertiary alicyclic amines) is 1. The number of rotatable bonds is 13. The van der Waals surface area contributed by atoms with E-state index in [-0.39, 0.29) is 29.4 Å². The van der Waals surface area contributed by atoms with Gasteiger partial charge in [-0.15, -0.1) is 0 Å². The smallest absolute Gasteiger partial charge is 0.246 e. The molecule has 1 heterocycles. The average Bonchev–Trinajstić information content (AvgIpc) is 3.26. The van der Waals surface area contributed by atoms with Crippen LogP contribution in [0.3, 0.4) is 0 Å². The Balaban J connectivity index is -0.00000456. The Morgan fingerprint density at radius 1 is 0.750 bits per heavy atom. The van der Waals surface area contributed by atoms with Gasteiger partial charge in [0, 0.05) is 13.5 Å². The molecule has 0 aliphatic carbocycles. The number of carbonyl (C=O) groups is 8. The number of hydrogen-bond acceptors (Lipinski definition) is 8. The average molecular weight is 581 g/mol. The van der Waals surface area contributed by atoms with Gasteiger partial charge >= 0.3 is 0 Å². The molecule has 1 saturated heterocycles. The lowest BCUT2D eigenvalue weighted by molar-refractivity contribution is -0.143. The Morgan fingerprint density at radius 2 is 1.27 bits per heavy atom. The summed E-state index contributed by atoms with van der Waals surface area (Å²) >= 11 is 0. The molecule has 1 aliphatic rings. The predicted molar refractivity (Wildman–Crippen MR) is 137 cm³/mol. The van der Waals surface area contributed by atoms with E-state index >= 15 is 0 Å². The minimum atomic E-state index is -1.45. The zero-order valence-electron chi connectivity index (χ0n) is 22.4. The van der Waals surface area contributed by atoms with Crippen LogP contribution in [-0.2, 0) is 38.4 Å². The van der Waals surface area contributed by atoms with Crippen LogP contribution >= 0.6 is 0 Å². The van der Waals surface area contributed by atoms with E-state index in [1.54, 1.807) is 0 Å². The van der Waals surface area contributed by atoms with Crippen molar-refractivity contribution < 1.29 is 54.8 Å².